The van der Waals surface area contributed by atoms with Crippen molar-refractivity contribution in [1.29, 1.82) is 0 Å². The Labute approximate surface area is 119 Å². The molecule has 1 fully saturated rings. The number of carbonyl (C=O) groups excluding carboxylic acids is 1. The number of nitrogens with zero attached hydrogens (tertiary/aromatic N) is 2. The van der Waals surface area contributed by atoms with Gasteiger partial charge in [-0.05, 0) is 26.0 Å². The normalized spacial score (nSPS) is 15.4. The molecule has 0 spiro atoms. The maximum absolute atomic E-state index is 11.6. The van der Waals surface area contributed by atoms with E-state index in [2.05, 4.69) is 20.5 Å². The number of aromatic nitrogens is 1. The van der Waals surface area contributed by atoms with Crippen molar-refractivity contribution in [2.24, 2.45) is 0 Å². The van der Waals surface area contributed by atoms with Gasteiger partial charge in [0, 0.05) is 26.2 Å². The van der Waals surface area contributed by atoms with Gasteiger partial charge < -0.3 is 20.3 Å². The maximum Gasteiger partial charge on any atom is 0.251 e. The van der Waals surface area contributed by atoms with Gasteiger partial charge in [-0.2, -0.15) is 0 Å². The van der Waals surface area contributed by atoms with Crippen LogP contribution in [0.15, 0.2) is 18.3 Å². The summed E-state index contributed by atoms with van der Waals surface area (Å²) in [7, 11) is 0. The Morgan fingerprint density at radius 1 is 1.45 bits per heavy atom. The number of carbonyl (C=O) groups is 1. The summed E-state index contributed by atoms with van der Waals surface area (Å²) in [5, 5.41) is 6.03. The number of hydrogen-bond acceptors (Lipinski definition) is 5. The average molecular weight is 278 g/mol. The second-order valence-electron chi connectivity index (χ2n) is 5.05. The number of anilines is 2. The molecule has 110 valence electrons. The van der Waals surface area contributed by atoms with Crippen LogP contribution in [-0.2, 0) is 9.53 Å². The molecule has 6 nitrogen and oxygen atoms in total. The van der Waals surface area contributed by atoms with E-state index in [1.165, 1.54) is 0 Å². The third-order valence-corrected chi connectivity index (χ3v) is 3.05. The van der Waals surface area contributed by atoms with E-state index in [1.54, 1.807) is 6.20 Å². The second kappa shape index (κ2) is 7.21. The summed E-state index contributed by atoms with van der Waals surface area (Å²) in [5.74, 6) is 0.377. The molecule has 2 N–H and O–H groups in total. The van der Waals surface area contributed by atoms with Gasteiger partial charge in [0.2, 0.25) is 0 Å². The minimum atomic E-state index is -0.180. The van der Waals surface area contributed by atoms with Crippen LogP contribution in [0.25, 0.3) is 0 Å². The zero-order valence-corrected chi connectivity index (χ0v) is 12.1. The van der Waals surface area contributed by atoms with Crippen LogP contribution in [0.4, 0.5) is 11.5 Å². The van der Waals surface area contributed by atoms with Crippen LogP contribution in [0.5, 0.6) is 0 Å². The van der Waals surface area contributed by atoms with Crippen molar-refractivity contribution in [3.8, 4) is 0 Å². The first kappa shape index (κ1) is 14.7. The lowest BCUT2D eigenvalue weighted by Gasteiger charge is -2.29. The van der Waals surface area contributed by atoms with Gasteiger partial charge in [-0.3, -0.25) is 4.79 Å². The Morgan fingerprint density at radius 3 is 2.80 bits per heavy atom. The van der Waals surface area contributed by atoms with E-state index in [0.29, 0.717) is 5.82 Å². The average Bonchev–Trinajstić information content (AvgIpc) is 2.47. The Bertz CT molecular complexity index is 427. The van der Waals surface area contributed by atoms with Crippen molar-refractivity contribution in [3.05, 3.63) is 18.3 Å². The highest BCUT2D eigenvalue weighted by Gasteiger charge is 2.11. The number of rotatable bonds is 5. The first-order chi connectivity index (χ1) is 9.65. The summed E-state index contributed by atoms with van der Waals surface area (Å²) in [5.41, 5.74) is 1.09. The summed E-state index contributed by atoms with van der Waals surface area (Å²) in [6.45, 7) is 7.79. The molecule has 1 aromatic heterocycles. The Balaban J connectivity index is 1.86. The van der Waals surface area contributed by atoms with E-state index in [-0.39, 0.29) is 18.6 Å². The Hall–Kier alpha value is -1.66. The summed E-state index contributed by atoms with van der Waals surface area (Å²) in [4.78, 5) is 18.2. The fourth-order valence-corrected chi connectivity index (χ4v) is 1.99. The van der Waals surface area contributed by atoms with E-state index in [1.807, 2.05) is 26.0 Å². The number of amides is 1. The molecule has 1 amide bonds. The van der Waals surface area contributed by atoms with Gasteiger partial charge in [0.25, 0.3) is 5.91 Å². The van der Waals surface area contributed by atoms with Gasteiger partial charge >= 0.3 is 0 Å². The van der Waals surface area contributed by atoms with Gasteiger partial charge in [-0.25, -0.2) is 4.98 Å². The van der Waals surface area contributed by atoms with Crippen LogP contribution >= 0.6 is 0 Å². The molecule has 0 radical (unpaired) electrons. The van der Waals surface area contributed by atoms with Crippen molar-refractivity contribution in [2.75, 3.05) is 43.0 Å². The highest BCUT2D eigenvalue weighted by molar-refractivity contribution is 5.90. The maximum atomic E-state index is 11.6. The van der Waals surface area contributed by atoms with E-state index in [4.69, 9.17) is 4.74 Å². The van der Waals surface area contributed by atoms with E-state index >= 15 is 0 Å². The van der Waals surface area contributed by atoms with Crippen molar-refractivity contribution >= 4 is 17.4 Å². The number of ether oxygens (including phenoxy) is 1. The van der Waals surface area contributed by atoms with Gasteiger partial charge in [0.1, 0.15) is 12.4 Å². The smallest absolute Gasteiger partial charge is 0.251 e. The predicted molar refractivity (Wildman–Crippen MR) is 79.0 cm³/mol. The van der Waals surface area contributed by atoms with Crippen molar-refractivity contribution < 1.29 is 9.53 Å². The summed E-state index contributed by atoms with van der Waals surface area (Å²) in [6.07, 6.45) is 1.84. The van der Waals surface area contributed by atoms with Crippen molar-refractivity contribution in [1.82, 2.24) is 10.3 Å². The molecule has 1 aliphatic rings. The van der Waals surface area contributed by atoms with Crippen LogP contribution in [0.1, 0.15) is 13.8 Å². The molecule has 0 atom stereocenters. The third-order valence-electron chi connectivity index (χ3n) is 3.05. The molecule has 0 aliphatic carbocycles. The van der Waals surface area contributed by atoms with Crippen LogP contribution in [0.3, 0.4) is 0 Å². The largest absolute Gasteiger partial charge is 0.369 e. The fraction of sp³-hybridized carbons (Fsp3) is 0.571. The summed E-state index contributed by atoms with van der Waals surface area (Å²) >= 11 is 0. The summed E-state index contributed by atoms with van der Waals surface area (Å²) < 4.78 is 5.24. The molecule has 2 rings (SSSR count). The molecule has 20 heavy (non-hydrogen) atoms. The van der Waals surface area contributed by atoms with E-state index in [9.17, 15) is 4.79 Å². The minimum Gasteiger partial charge on any atom is -0.369 e. The summed E-state index contributed by atoms with van der Waals surface area (Å²) in [6, 6.07) is 3.81. The molecule has 1 aromatic rings. The van der Waals surface area contributed by atoms with E-state index < -0.39 is 0 Å². The molecule has 0 aromatic carbocycles. The molecule has 0 unspecified atom stereocenters. The number of nitrogens with one attached hydrogen (secondary N) is 2. The Morgan fingerprint density at radius 2 is 2.20 bits per heavy atom. The first-order valence-electron chi connectivity index (χ1n) is 6.98. The quantitative estimate of drug-likeness (QED) is 0.836. The Kier molecular flexibility index (Phi) is 5.31. The zero-order valence-electron chi connectivity index (χ0n) is 12.1. The van der Waals surface area contributed by atoms with Gasteiger partial charge in [0.15, 0.2) is 0 Å². The molecule has 6 heteroatoms. The second-order valence-corrected chi connectivity index (χ2v) is 5.05. The van der Waals surface area contributed by atoms with Gasteiger partial charge in [0.05, 0.1) is 18.0 Å². The van der Waals surface area contributed by atoms with Crippen LogP contribution in [0, 0.1) is 0 Å². The lowest BCUT2D eigenvalue weighted by molar-refractivity contribution is -0.121. The highest BCUT2D eigenvalue weighted by Crippen LogP contribution is 2.15. The van der Waals surface area contributed by atoms with Crippen molar-refractivity contribution in [2.45, 2.75) is 20.0 Å². The molecule has 0 saturated carbocycles. The molecule has 2 heterocycles. The monoisotopic (exact) mass is 278 g/mol. The zero-order chi connectivity index (χ0) is 14.4. The van der Waals surface area contributed by atoms with Crippen molar-refractivity contribution in [3.63, 3.8) is 0 Å². The molecule has 1 aliphatic heterocycles. The highest BCUT2D eigenvalue weighted by atomic mass is 16.5. The van der Waals surface area contributed by atoms with E-state index in [0.717, 1.165) is 31.9 Å². The molecule has 0 bridgehead atoms. The fourth-order valence-electron chi connectivity index (χ4n) is 1.99. The molecular weight excluding hydrogens is 256 g/mol. The topological polar surface area (TPSA) is 66.5 Å². The minimum absolute atomic E-state index is 0.0452. The SMILES string of the molecule is CC(C)OCC(=O)Nc1ccc(N2CCNCC2)cn1. The first-order valence-corrected chi connectivity index (χ1v) is 6.98. The number of pyridine rings is 1. The van der Waals surface area contributed by atoms with Crippen LogP contribution in [-0.4, -0.2) is 49.8 Å². The molecular formula is C14H22N4O2. The third kappa shape index (κ3) is 4.47. The lowest BCUT2D eigenvalue weighted by atomic mass is 10.3. The van der Waals surface area contributed by atoms with Crippen LogP contribution in [0.2, 0.25) is 0 Å². The number of piperazine rings is 1. The standard InChI is InChI=1S/C14H22N4O2/c1-11(2)20-10-14(19)17-13-4-3-12(9-16-13)18-7-5-15-6-8-18/h3-4,9,11,15H,5-8,10H2,1-2H3,(H,16,17,19). The lowest BCUT2D eigenvalue weighted by Crippen LogP contribution is -2.43. The van der Waals surface area contributed by atoms with Gasteiger partial charge in [-0.15, -0.1) is 0 Å². The van der Waals surface area contributed by atoms with Crippen LogP contribution < -0.4 is 15.5 Å². The molecule has 1 saturated heterocycles. The predicted octanol–water partition coefficient (Wildman–Crippen LogP) is 0.855. The van der Waals surface area contributed by atoms with Gasteiger partial charge in [-0.1, -0.05) is 0 Å². The number of hydrogen-bond donors (Lipinski definition) is 2.